The third kappa shape index (κ3) is 10.2. The van der Waals surface area contributed by atoms with E-state index in [-0.39, 0.29) is 11.6 Å². The summed E-state index contributed by atoms with van der Waals surface area (Å²) in [6.45, 7) is 2.24. The van der Waals surface area contributed by atoms with E-state index in [9.17, 15) is 14.4 Å². The van der Waals surface area contributed by atoms with Crippen LogP contribution in [0.2, 0.25) is 0 Å². The van der Waals surface area contributed by atoms with Crippen molar-refractivity contribution in [3.05, 3.63) is 150 Å². The minimum absolute atomic E-state index is 0.0646. The first-order chi connectivity index (χ1) is 24.3. The number of carbonyl (C=O) groups excluding carboxylic acids is 3. The number of benzene rings is 5. The Labute approximate surface area is 295 Å². The number of anilines is 2. The van der Waals surface area contributed by atoms with Crippen molar-refractivity contribution in [3.63, 3.8) is 0 Å². The first kappa shape index (κ1) is 35.3. The van der Waals surface area contributed by atoms with E-state index in [0.29, 0.717) is 46.4 Å². The van der Waals surface area contributed by atoms with E-state index >= 15 is 0 Å². The molecule has 0 spiro atoms. The Morgan fingerprint density at radius 3 is 1.94 bits per heavy atom. The van der Waals surface area contributed by atoms with Crippen LogP contribution in [0.15, 0.2) is 138 Å². The minimum Gasteiger partial charge on any atom is -0.497 e. The molecule has 0 aliphatic rings. The molecule has 10 heteroatoms. The molecule has 0 aliphatic carbocycles. The molecular weight excluding hydrogens is 651 g/mol. The van der Waals surface area contributed by atoms with E-state index in [1.807, 2.05) is 79.7 Å². The maximum Gasteiger partial charge on any atom is 0.272 e. The maximum atomic E-state index is 13.5. The van der Waals surface area contributed by atoms with Crippen molar-refractivity contribution in [2.45, 2.75) is 23.7 Å². The Morgan fingerprint density at radius 2 is 1.32 bits per heavy atom. The van der Waals surface area contributed by atoms with Crippen LogP contribution in [0.1, 0.15) is 28.4 Å². The van der Waals surface area contributed by atoms with Gasteiger partial charge >= 0.3 is 0 Å². The number of thioether (sulfide) groups is 1. The Bertz CT molecular complexity index is 1910. The van der Waals surface area contributed by atoms with E-state index in [1.165, 1.54) is 11.8 Å². The fourth-order valence-corrected chi connectivity index (χ4v) is 5.57. The van der Waals surface area contributed by atoms with Crippen molar-refractivity contribution in [2.24, 2.45) is 0 Å². The summed E-state index contributed by atoms with van der Waals surface area (Å²) in [5, 5.41) is 8.10. The Kier molecular flexibility index (Phi) is 12.3. The summed E-state index contributed by atoms with van der Waals surface area (Å²) in [5.41, 5.74) is 3.31. The molecule has 1 unspecified atom stereocenters. The monoisotopic (exact) mass is 687 g/mol. The van der Waals surface area contributed by atoms with Gasteiger partial charge in [0, 0.05) is 40.0 Å². The van der Waals surface area contributed by atoms with Gasteiger partial charge in [-0.05, 0) is 72.7 Å². The van der Waals surface area contributed by atoms with Crippen LogP contribution in [0.3, 0.4) is 0 Å². The summed E-state index contributed by atoms with van der Waals surface area (Å²) in [5.74, 6) is 0.703. The second-order valence-corrected chi connectivity index (χ2v) is 12.5. The molecule has 5 rings (SSSR count). The predicted molar refractivity (Wildman–Crippen MR) is 198 cm³/mol. The van der Waals surface area contributed by atoms with E-state index in [0.717, 1.165) is 10.5 Å². The van der Waals surface area contributed by atoms with Crippen LogP contribution in [0.25, 0.3) is 6.08 Å². The second-order valence-electron chi connectivity index (χ2n) is 11.1. The van der Waals surface area contributed by atoms with Crippen molar-refractivity contribution in [2.75, 3.05) is 24.9 Å². The molecule has 5 aromatic rings. The van der Waals surface area contributed by atoms with Gasteiger partial charge in [-0.3, -0.25) is 14.4 Å². The third-order valence-electron chi connectivity index (χ3n) is 7.38. The summed E-state index contributed by atoms with van der Waals surface area (Å²) in [4.78, 5) is 40.4. The number of methoxy groups -OCH3 is 2. The van der Waals surface area contributed by atoms with Crippen LogP contribution < -0.4 is 30.2 Å². The van der Waals surface area contributed by atoms with Gasteiger partial charge in [-0.2, -0.15) is 0 Å². The number of hydrogen-bond acceptors (Lipinski definition) is 7. The molecular formula is C40H37N3O6S. The van der Waals surface area contributed by atoms with Gasteiger partial charge < -0.3 is 30.2 Å². The first-order valence-electron chi connectivity index (χ1n) is 15.8. The number of rotatable bonds is 14. The topological polar surface area (TPSA) is 115 Å². The lowest BCUT2D eigenvalue weighted by Gasteiger charge is -2.14. The summed E-state index contributed by atoms with van der Waals surface area (Å²) in [6, 6.07) is 38.1. The van der Waals surface area contributed by atoms with Gasteiger partial charge in [-0.1, -0.05) is 60.7 Å². The van der Waals surface area contributed by atoms with E-state index < -0.39 is 17.1 Å². The van der Waals surface area contributed by atoms with Gasteiger partial charge in [-0.15, -0.1) is 11.8 Å². The summed E-state index contributed by atoms with van der Waals surface area (Å²) < 4.78 is 16.5. The highest BCUT2D eigenvalue weighted by atomic mass is 32.2. The molecule has 3 amide bonds. The average molecular weight is 688 g/mol. The fraction of sp³-hybridized carbons (Fsp3) is 0.125. The van der Waals surface area contributed by atoms with Gasteiger partial charge in [-0.25, -0.2) is 0 Å². The highest BCUT2D eigenvalue weighted by Gasteiger charge is 2.18. The number of hydrogen-bond donors (Lipinski definition) is 3. The smallest absolute Gasteiger partial charge is 0.272 e. The highest BCUT2D eigenvalue weighted by Crippen LogP contribution is 2.29. The van der Waals surface area contributed by atoms with Gasteiger partial charge in [0.15, 0.2) is 0 Å². The summed E-state index contributed by atoms with van der Waals surface area (Å²) in [7, 11) is 3.09. The van der Waals surface area contributed by atoms with Gasteiger partial charge in [0.25, 0.3) is 11.8 Å². The fourth-order valence-electron chi connectivity index (χ4n) is 4.71. The molecule has 9 nitrogen and oxygen atoms in total. The zero-order chi connectivity index (χ0) is 35.3. The molecule has 0 fully saturated rings. The number of ether oxygens (including phenoxy) is 3. The van der Waals surface area contributed by atoms with Crippen molar-refractivity contribution < 1.29 is 28.6 Å². The molecule has 0 saturated heterocycles. The molecule has 5 aromatic carbocycles. The minimum atomic E-state index is -0.499. The molecule has 50 heavy (non-hydrogen) atoms. The molecule has 0 aromatic heterocycles. The quantitative estimate of drug-likeness (QED) is 0.0806. The van der Waals surface area contributed by atoms with E-state index in [4.69, 9.17) is 14.2 Å². The van der Waals surface area contributed by atoms with Crippen molar-refractivity contribution in [1.29, 1.82) is 0 Å². The largest absolute Gasteiger partial charge is 0.497 e. The summed E-state index contributed by atoms with van der Waals surface area (Å²) >= 11 is 1.37. The number of nitrogens with one attached hydrogen (secondary N) is 3. The zero-order valence-electron chi connectivity index (χ0n) is 27.8. The van der Waals surface area contributed by atoms with Gasteiger partial charge in [0.05, 0.1) is 19.5 Å². The molecule has 1 atom stereocenters. The normalized spacial score (nSPS) is 11.5. The van der Waals surface area contributed by atoms with Gasteiger partial charge in [0.2, 0.25) is 5.91 Å². The Balaban J connectivity index is 1.24. The average Bonchev–Trinajstić information content (AvgIpc) is 3.15. The van der Waals surface area contributed by atoms with Crippen LogP contribution in [0, 0.1) is 0 Å². The standard InChI is InChI=1S/C40H37N3O6S/c1-27(38(44)42-32-23-34(47-2)25-35(24-32)48-3)50-36-20-16-31(17-21-36)41-40(46)37(43-39(45)30-12-8-5-9-13-30)22-28-14-18-33(19-15-28)49-26-29-10-6-4-7-11-29/h4-25,27H,26H2,1-3H3,(H,41,46)(H,42,44)(H,43,45)/b37-22-. The van der Waals surface area contributed by atoms with Crippen LogP contribution >= 0.6 is 11.8 Å². The summed E-state index contributed by atoms with van der Waals surface area (Å²) in [6.07, 6.45) is 1.61. The Hall–Kier alpha value is -6.00. The third-order valence-corrected chi connectivity index (χ3v) is 8.49. The zero-order valence-corrected chi connectivity index (χ0v) is 28.7. The van der Waals surface area contributed by atoms with Crippen LogP contribution in [-0.2, 0) is 16.2 Å². The lowest BCUT2D eigenvalue weighted by Crippen LogP contribution is -2.30. The van der Waals surface area contributed by atoms with Crippen LogP contribution in [-0.4, -0.2) is 37.2 Å². The molecule has 0 bridgehead atoms. The van der Waals surface area contributed by atoms with Crippen molar-refractivity contribution in [1.82, 2.24) is 5.32 Å². The van der Waals surface area contributed by atoms with Crippen molar-refractivity contribution >= 4 is 46.9 Å². The molecule has 0 heterocycles. The second kappa shape index (κ2) is 17.4. The van der Waals surface area contributed by atoms with Crippen LogP contribution in [0.5, 0.6) is 17.2 Å². The first-order valence-corrected chi connectivity index (χ1v) is 16.6. The van der Waals surface area contributed by atoms with Crippen molar-refractivity contribution in [3.8, 4) is 17.2 Å². The maximum absolute atomic E-state index is 13.5. The van der Waals surface area contributed by atoms with E-state index in [2.05, 4.69) is 16.0 Å². The lowest BCUT2D eigenvalue weighted by atomic mass is 10.1. The SMILES string of the molecule is COc1cc(NC(=O)C(C)Sc2ccc(NC(=O)/C(=C/c3ccc(OCc4ccccc4)cc3)NC(=O)c3ccccc3)cc2)cc(OC)c1. The molecule has 0 radical (unpaired) electrons. The molecule has 254 valence electrons. The van der Waals surface area contributed by atoms with E-state index in [1.54, 1.807) is 74.9 Å². The number of carbonyl (C=O) groups is 3. The highest BCUT2D eigenvalue weighted by molar-refractivity contribution is 8.00. The van der Waals surface area contributed by atoms with Crippen LogP contribution in [0.4, 0.5) is 11.4 Å². The Morgan fingerprint density at radius 1 is 0.700 bits per heavy atom. The molecule has 3 N–H and O–H groups in total. The number of amides is 3. The molecule has 0 aliphatic heterocycles. The predicted octanol–water partition coefficient (Wildman–Crippen LogP) is 7.81. The lowest BCUT2D eigenvalue weighted by molar-refractivity contribution is -0.115. The van der Waals surface area contributed by atoms with Gasteiger partial charge in [0.1, 0.15) is 29.6 Å². The molecule has 0 saturated carbocycles.